The molecule has 2 aromatic heterocycles. The van der Waals surface area contributed by atoms with Crippen LogP contribution in [0.4, 0.5) is 0 Å². The Bertz CT molecular complexity index is 766. The summed E-state index contributed by atoms with van der Waals surface area (Å²) in [5, 5.41) is 1.21. The first kappa shape index (κ1) is 12.9. The average Bonchev–Trinajstić information content (AvgIpc) is 3.13. The monoisotopic (exact) mass is 295 g/mol. The standard InChI is InChI=1S/C17H17N3S/c1-20-11-5-8-14(20)16-19-15-13(9-10-18-17(15)21-16)12-6-3-2-4-7-12/h2-4,6-7,9-10,14H,5,8,11H2,1H3/t14-/m0/s1. The molecule has 0 spiro atoms. The molecule has 1 aromatic carbocycles. The summed E-state index contributed by atoms with van der Waals surface area (Å²) in [5.74, 6) is 0. The molecule has 1 aliphatic heterocycles. The molecule has 0 N–H and O–H groups in total. The van der Waals surface area contributed by atoms with Gasteiger partial charge in [-0.3, -0.25) is 4.90 Å². The third-order valence-corrected chi connectivity index (χ3v) is 5.27. The minimum Gasteiger partial charge on any atom is -0.297 e. The fourth-order valence-corrected chi connectivity index (χ4v) is 4.20. The topological polar surface area (TPSA) is 29.0 Å². The fourth-order valence-electron chi connectivity index (χ4n) is 3.07. The highest BCUT2D eigenvalue weighted by molar-refractivity contribution is 7.18. The lowest BCUT2D eigenvalue weighted by molar-refractivity contribution is 0.317. The summed E-state index contributed by atoms with van der Waals surface area (Å²) in [4.78, 5) is 12.9. The Morgan fingerprint density at radius 3 is 2.81 bits per heavy atom. The summed E-state index contributed by atoms with van der Waals surface area (Å²) < 4.78 is 0. The SMILES string of the molecule is CN1CCC[C@H]1c1nc2c(-c3ccccc3)ccnc2s1. The second kappa shape index (κ2) is 5.20. The number of aromatic nitrogens is 2. The number of rotatable bonds is 2. The number of hydrogen-bond acceptors (Lipinski definition) is 4. The van der Waals surface area contributed by atoms with Gasteiger partial charge in [0.15, 0.2) is 0 Å². The number of thiazole rings is 1. The van der Waals surface area contributed by atoms with Crippen molar-refractivity contribution >= 4 is 21.7 Å². The molecule has 0 bridgehead atoms. The van der Waals surface area contributed by atoms with Crippen LogP contribution in [0.1, 0.15) is 23.9 Å². The number of hydrogen-bond donors (Lipinski definition) is 0. The molecule has 4 rings (SSSR count). The van der Waals surface area contributed by atoms with Crippen LogP contribution in [0.5, 0.6) is 0 Å². The Kier molecular flexibility index (Phi) is 3.20. The molecule has 0 amide bonds. The van der Waals surface area contributed by atoms with Gasteiger partial charge in [0, 0.05) is 11.8 Å². The Balaban J connectivity index is 1.85. The van der Waals surface area contributed by atoms with Crippen molar-refractivity contribution in [2.24, 2.45) is 0 Å². The van der Waals surface area contributed by atoms with Crippen LogP contribution in [0, 0.1) is 0 Å². The van der Waals surface area contributed by atoms with Crippen LogP contribution in [-0.2, 0) is 0 Å². The van der Waals surface area contributed by atoms with Crippen LogP contribution < -0.4 is 0 Å². The van der Waals surface area contributed by atoms with E-state index in [1.165, 1.54) is 35.5 Å². The molecule has 1 saturated heterocycles. The first-order valence-corrected chi connectivity index (χ1v) is 8.16. The lowest BCUT2D eigenvalue weighted by Gasteiger charge is -2.15. The molecular weight excluding hydrogens is 278 g/mol. The fraction of sp³-hybridized carbons (Fsp3) is 0.294. The smallest absolute Gasteiger partial charge is 0.144 e. The van der Waals surface area contributed by atoms with Crippen molar-refractivity contribution in [3.63, 3.8) is 0 Å². The minimum absolute atomic E-state index is 0.466. The van der Waals surface area contributed by atoms with E-state index in [1.807, 2.05) is 12.3 Å². The molecule has 21 heavy (non-hydrogen) atoms. The van der Waals surface area contributed by atoms with Crippen molar-refractivity contribution in [3.05, 3.63) is 47.6 Å². The van der Waals surface area contributed by atoms with Gasteiger partial charge in [-0.05, 0) is 38.1 Å². The first-order chi connectivity index (χ1) is 10.3. The number of nitrogens with zero attached hydrogens (tertiary/aromatic N) is 3. The number of fused-ring (bicyclic) bond motifs is 1. The molecule has 0 saturated carbocycles. The maximum Gasteiger partial charge on any atom is 0.144 e. The summed E-state index contributed by atoms with van der Waals surface area (Å²) in [6.45, 7) is 1.17. The van der Waals surface area contributed by atoms with E-state index in [0.29, 0.717) is 6.04 Å². The van der Waals surface area contributed by atoms with Gasteiger partial charge in [0.05, 0.1) is 6.04 Å². The maximum absolute atomic E-state index is 4.94. The molecule has 106 valence electrons. The number of benzene rings is 1. The average molecular weight is 295 g/mol. The van der Waals surface area contributed by atoms with Gasteiger partial charge in [-0.1, -0.05) is 41.7 Å². The van der Waals surface area contributed by atoms with Gasteiger partial charge in [0.1, 0.15) is 15.4 Å². The summed E-state index contributed by atoms with van der Waals surface area (Å²) in [6.07, 6.45) is 4.36. The second-order valence-electron chi connectivity index (χ2n) is 5.57. The first-order valence-electron chi connectivity index (χ1n) is 7.34. The zero-order chi connectivity index (χ0) is 14.2. The van der Waals surface area contributed by atoms with Crippen molar-refractivity contribution in [1.82, 2.24) is 14.9 Å². The van der Waals surface area contributed by atoms with E-state index in [4.69, 9.17) is 4.98 Å². The molecule has 0 unspecified atom stereocenters. The van der Waals surface area contributed by atoms with Crippen LogP contribution >= 0.6 is 11.3 Å². The van der Waals surface area contributed by atoms with Crippen molar-refractivity contribution in [3.8, 4) is 11.1 Å². The second-order valence-corrected chi connectivity index (χ2v) is 6.58. The molecule has 0 radical (unpaired) electrons. The van der Waals surface area contributed by atoms with Crippen molar-refractivity contribution < 1.29 is 0 Å². The van der Waals surface area contributed by atoms with Crippen molar-refractivity contribution in [2.45, 2.75) is 18.9 Å². The van der Waals surface area contributed by atoms with Gasteiger partial charge in [0.25, 0.3) is 0 Å². The highest BCUT2D eigenvalue weighted by Gasteiger charge is 2.26. The molecule has 3 heterocycles. The lowest BCUT2D eigenvalue weighted by atomic mass is 10.1. The largest absolute Gasteiger partial charge is 0.297 e. The van der Waals surface area contributed by atoms with E-state index in [9.17, 15) is 0 Å². The van der Waals surface area contributed by atoms with Gasteiger partial charge >= 0.3 is 0 Å². The predicted molar refractivity (Wildman–Crippen MR) is 87.5 cm³/mol. The zero-order valence-corrected chi connectivity index (χ0v) is 12.8. The van der Waals surface area contributed by atoms with Gasteiger partial charge in [-0.15, -0.1) is 0 Å². The van der Waals surface area contributed by atoms with E-state index in [0.717, 1.165) is 10.3 Å². The zero-order valence-electron chi connectivity index (χ0n) is 12.0. The molecule has 1 fully saturated rings. The Morgan fingerprint density at radius 2 is 2.05 bits per heavy atom. The van der Waals surface area contributed by atoms with Gasteiger partial charge in [-0.2, -0.15) is 0 Å². The predicted octanol–water partition coefficient (Wildman–Crippen LogP) is 4.13. The molecule has 1 atom stereocenters. The highest BCUT2D eigenvalue weighted by Crippen LogP contribution is 2.37. The van der Waals surface area contributed by atoms with Crippen LogP contribution in [0.2, 0.25) is 0 Å². The Morgan fingerprint density at radius 1 is 1.19 bits per heavy atom. The van der Waals surface area contributed by atoms with Crippen molar-refractivity contribution in [1.29, 1.82) is 0 Å². The Labute approximate surface area is 128 Å². The third kappa shape index (κ3) is 2.24. The van der Waals surface area contributed by atoms with E-state index in [-0.39, 0.29) is 0 Å². The van der Waals surface area contributed by atoms with Gasteiger partial charge in [-0.25, -0.2) is 9.97 Å². The Hall–Kier alpha value is -1.78. The molecule has 1 aliphatic rings. The normalized spacial score (nSPS) is 19.4. The molecule has 4 heteroatoms. The van der Waals surface area contributed by atoms with Crippen LogP contribution in [0.25, 0.3) is 21.5 Å². The number of pyridine rings is 1. The quantitative estimate of drug-likeness (QED) is 0.712. The van der Waals surface area contributed by atoms with E-state index in [2.05, 4.69) is 47.3 Å². The van der Waals surface area contributed by atoms with E-state index in [1.54, 1.807) is 11.3 Å². The van der Waals surface area contributed by atoms with Crippen molar-refractivity contribution in [2.75, 3.05) is 13.6 Å². The van der Waals surface area contributed by atoms with Crippen LogP contribution in [-0.4, -0.2) is 28.5 Å². The maximum atomic E-state index is 4.94. The summed E-state index contributed by atoms with van der Waals surface area (Å²) >= 11 is 1.74. The molecular formula is C17H17N3S. The third-order valence-electron chi connectivity index (χ3n) is 4.20. The van der Waals surface area contributed by atoms with Gasteiger partial charge < -0.3 is 0 Å². The van der Waals surface area contributed by atoms with E-state index >= 15 is 0 Å². The summed E-state index contributed by atoms with van der Waals surface area (Å²) in [6, 6.07) is 13.0. The number of likely N-dealkylation sites (tertiary alicyclic amines) is 1. The molecule has 3 nitrogen and oxygen atoms in total. The van der Waals surface area contributed by atoms with Crippen LogP contribution in [0.3, 0.4) is 0 Å². The molecule has 3 aromatic rings. The van der Waals surface area contributed by atoms with Crippen LogP contribution in [0.15, 0.2) is 42.6 Å². The minimum atomic E-state index is 0.466. The summed E-state index contributed by atoms with van der Waals surface area (Å²) in [5.41, 5.74) is 3.44. The molecule has 0 aliphatic carbocycles. The lowest BCUT2D eigenvalue weighted by Crippen LogP contribution is -2.17. The van der Waals surface area contributed by atoms with E-state index < -0.39 is 0 Å². The highest BCUT2D eigenvalue weighted by atomic mass is 32.1. The summed E-state index contributed by atoms with van der Waals surface area (Å²) in [7, 11) is 2.19. The van der Waals surface area contributed by atoms with Gasteiger partial charge in [0.2, 0.25) is 0 Å².